The molecular weight excluding hydrogens is 303 g/mol. The monoisotopic (exact) mass is 312 g/mol. The average molecular weight is 313 g/mol. The zero-order chi connectivity index (χ0) is 15.1. The Morgan fingerprint density at radius 2 is 2.00 bits per heavy atom. The summed E-state index contributed by atoms with van der Waals surface area (Å²) in [5, 5.41) is 11.4. The Morgan fingerprint density at radius 3 is 2.86 bits per heavy atom. The first kappa shape index (κ1) is 13.0. The quantitative estimate of drug-likeness (QED) is 0.711. The molecule has 1 aromatic heterocycles. The van der Waals surface area contributed by atoms with E-state index < -0.39 is 0 Å². The molecule has 0 unspecified atom stereocenters. The third-order valence-electron chi connectivity index (χ3n) is 3.58. The summed E-state index contributed by atoms with van der Waals surface area (Å²) < 4.78 is 14.2. The van der Waals surface area contributed by atoms with Gasteiger partial charge in [0.1, 0.15) is 5.82 Å². The number of H-pyrrole nitrogens is 1. The van der Waals surface area contributed by atoms with Crippen LogP contribution in [0, 0.1) is 5.82 Å². The summed E-state index contributed by atoms with van der Waals surface area (Å²) >= 11 is 6.31. The molecule has 0 atom stereocenters. The van der Waals surface area contributed by atoms with Crippen molar-refractivity contribution in [2.24, 2.45) is 4.99 Å². The molecule has 0 fully saturated rings. The highest BCUT2D eigenvalue weighted by atomic mass is 35.5. The number of benzene rings is 2. The van der Waals surface area contributed by atoms with Gasteiger partial charge >= 0.3 is 0 Å². The maximum absolute atomic E-state index is 14.2. The van der Waals surface area contributed by atoms with Gasteiger partial charge in [-0.2, -0.15) is 5.10 Å². The largest absolute Gasteiger partial charge is 0.359 e. The second-order valence-corrected chi connectivity index (χ2v) is 5.26. The number of nitrogens with zero attached hydrogens (tertiary/aromatic N) is 2. The lowest BCUT2D eigenvalue weighted by molar-refractivity contribution is 0.625. The van der Waals surface area contributed by atoms with Crippen LogP contribution in [0.3, 0.4) is 0 Å². The number of aromatic nitrogens is 2. The minimum absolute atomic E-state index is 0.328. The van der Waals surface area contributed by atoms with E-state index in [-0.39, 0.29) is 5.82 Å². The lowest BCUT2D eigenvalue weighted by Gasteiger charge is -2.13. The number of nitrogens with one attached hydrogen (secondary N) is 2. The Balaban J connectivity index is 2.05. The van der Waals surface area contributed by atoms with Gasteiger partial charge in [-0.1, -0.05) is 23.7 Å². The van der Waals surface area contributed by atoms with Crippen LogP contribution in [0.1, 0.15) is 11.1 Å². The number of hydrogen-bond donors (Lipinski definition) is 2. The Labute approximate surface area is 130 Å². The van der Waals surface area contributed by atoms with Crippen LogP contribution in [0.5, 0.6) is 0 Å². The molecule has 2 N–H and O–H groups in total. The smallest absolute Gasteiger partial charge is 0.132 e. The molecule has 108 valence electrons. The van der Waals surface area contributed by atoms with Crippen molar-refractivity contribution in [1.82, 2.24) is 10.2 Å². The zero-order valence-electron chi connectivity index (χ0n) is 11.3. The van der Waals surface area contributed by atoms with Crippen molar-refractivity contribution in [2.75, 3.05) is 5.32 Å². The molecule has 4 rings (SSSR count). The van der Waals surface area contributed by atoms with Crippen LogP contribution < -0.4 is 5.32 Å². The summed E-state index contributed by atoms with van der Waals surface area (Å²) in [7, 11) is 0. The molecule has 22 heavy (non-hydrogen) atoms. The molecule has 0 saturated carbocycles. The molecule has 4 nitrogen and oxygen atoms in total. The SMILES string of the molecule is Fc1ccccc1C1=NC=CNc2c1cc(Cl)c1[nH]ncc21. The second-order valence-electron chi connectivity index (χ2n) is 4.86. The molecule has 2 heterocycles. The van der Waals surface area contributed by atoms with Crippen LogP contribution in [-0.4, -0.2) is 15.9 Å². The first-order valence-corrected chi connectivity index (χ1v) is 7.03. The number of aliphatic imine (C=N–C) groups is 1. The molecule has 0 radical (unpaired) electrons. The molecule has 3 aromatic rings. The molecule has 1 aliphatic rings. The van der Waals surface area contributed by atoms with Crippen molar-refractivity contribution < 1.29 is 4.39 Å². The third kappa shape index (κ3) is 1.90. The second kappa shape index (κ2) is 4.96. The topological polar surface area (TPSA) is 53.1 Å². The fourth-order valence-electron chi connectivity index (χ4n) is 2.59. The average Bonchev–Trinajstić information content (AvgIpc) is 2.92. The predicted octanol–water partition coefficient (Wildman–Crippen LogP) is 4.09. The van der Waals surface area contributed by atoms with E-state index in [2.05, 4.69) is 20.5 Å². The Hall–Kier alpha value is -2.66. The normalized spacial score (nSPS) is 13.5. The standard InChI is InChI=1S/C16H10ClFN4/c17-12-7-10-14(9-3-1-2-4-13(9)18)19-5-6-20-15(10)11-8-21-22-16(11)12/h1-8,20H,(H,21,22). The van der Waals surface area contributed by atoms with E-state index in [1.807, 2.05) is 0 Å². The van der Waals surface area contributed by atoms with Gasteiger partial charge in [0.05, 0.1) is 28.1 Å². The lowest BCUT2D eigenvalue weighted by Crippen LogP contribution is -2.07. The number of anilines is 1. The van der Waals surface area contributed by atoms with Gasteiger partial charge in [0.2, 0.25) is 0 Å². The number of hydrogen-bond acceptors (Lipinski definition) is 3. The summed E-state index contributed by atoms with van der Waals surface area (Å²) in [4.78, 5) is 4.37. The molecule has 0 bridgehead atoms. The van der Waals surface area contributed by atoms with Crippen molar-refractivity contribution in [1.29, 1.82) is 0 Å². The number of halogens is 2. The summed E-state index contributed by atoms with van der Waals surface area (Å²) in [5.41, 5.74) is 3.21. The highest BCUT2D eigenvalue weighted by Crippen LogP contribution is 2.35. The third-order valence-corrected chi connectivity index (χ3v) is 3.88. The van der Waals surface area contributed by atoms with Crippen molar-refractivity contribution in [3.63, 3.8) is 0 Å². The molecule has 6 heteroatoms. The van der Waals surface area contributed by atoms with Crippen molar-refractivity contribution >= 4 is 33.9 Å². The van der Waals surface area contributed by atoms with Gasteiger partial charge < -0.3 is 5.32 Å². The summed E-state index contributed by atoms with van der Waals surface area (Å²) in [6.07, 6.45) is 4.99. The fraction of sp³-hybridized carbons (Fsp3) is 0. The summed E-state index contributed by atoms with van der Waals surface area (Å²) in [6.45, 7) is 0. The number of fused-ring (bicyclic) bond motifs is 3. The van der Waals surface area contributed by atoms with E-state index >= 15 is 0 Å². The van der Waals surface area contributed by atoms with E-state index in [0.29, 0.717) is 16.3 Å². The van der Waals surface area contributed by atoms with Gasteiger partial charge in [-0.25, -0.2) is 4.39 Å². The molecule has 1 aliphatic heterocycles. The van der Waals surface area contributed by atoms with Crippen LogP contribution in [0.2, 0.25) is 5.02 Å². The minimum atomic E-state index is -0.328. The number of aromatic amines is 1. The van der Waals surface area contributed by atoms with Crippen LogP contribution in [0.15, 0.2) is 53.9 Å². The van der Waals surface area contributed by atoms with Crippen LogP contribution in [-0.2, 0) is 0 Å². The zero-order valence-corrected chi connectivity index (χ0v) is 12.0. The Morgan fingerprint density at radius 1 is 1.14 bits per heavy atom. The molecule has 2 aromatic carbocycles. The highest BCUT2D eigenvalue weighted by molar-refractivity contribution is 6.37. The van der Waals surface area contributed by atoms with Crippen LogP contribution in [0.4, 0.5) is 10.1 Å². The van der Waals surface area contributed by atoms with Crippen LogP contribution >= 0.6 is 11.6 Å². The van der Waals surface area contributed by atoms with Gasteiger partial charge in [0.25, 0.3) is 0 Å². The molecule has 0 saturated heterocycles. The highest BCUT2D eigenvalue weighted by Gasteiger charge is 2.20. The predicted molar refractivity (Wildman–Crippen MR) is 85.9 cm³/mol. The first-order chi connectivity index (χ1) is 10.8. The van der Waals surface area contributed by atoms with E-state index in [1.54, 1.807) is 42.9 Å². The van der Waals surface area contributed by atoms with Gasteiger partial charge in [-0.3, -0.25) is 10.1 Å². The van der Waals surface area contributed by atoms with E-state index in [1.165, 1.54) is 6.07 Å². The van der Waals surface area contributed by atoms with Gasteiger partial charge in [-0.15, -0.1) is 0 Å². The van der Waals surface area contributed by atoms with Crippen molar-refractivity contribution in [3.05, 3.63) is 70.9 Å². The van der Waals surface area contributed by atoms with E-state index in [4.69, 9.17) is 11.6 Å². The Bertz CT molecular complexity index is 942. The van der Waals surface area contributed by atoms with Gasteiger partial charge in [0, 0.05) is 28.9 Å². The van der Waals surface area contributed by atoms with E-state index in [9.17, 15) is 4.39 Å². The molecular formula is C16H10ClFN4. The maximum atomic E-state index is 14.2. The Kier molecular flexibility index (Phi) is 2.94. The fourth-order valence-corrected chi connectivity index (χ4v) is 2.84. The summed E-state index contributed by atoms with van der Waals surface area (Å²) in [5.74, 6) is -0.328. The van der Waals surface area contributed by atoms with Crippen LogP contribution in [0.25, 0.3) is 10.9 Å². The van der Waals surface area contributed by atoms with Gasteiger partial charge in [0.15, 0.2) is 0 Å². The minimum Gasteiger partial charge on any atom is -0.359 e. The van der Waals surface area contributed by atoms with E-state index in [0.717, 1.165) is 22.2 Å². The van der Waals surface area contributed by atoms with Crippen molar-refractivity contribution in [2.45, 2.75) is 0 Å². The first-order valence-electron chi connectivity index (χ1n) is 6.66. The molecule has 0 amide bonds. The summed E-state index contributed by atoms with van der Waals surface area (Å²) in [6, 6.07) is 8.31. The lowest BCUT2D eigenvalue weighted by atomic mass is 9.98. The van der Waals surface area contributed by atoms with Gasteiger partial charge in [-0.05, 0) is 18.2 Å². The maximum Gasteiger partial charge on any atom is 0.132 e. The van der Waals surface area contributed by atoms with Crippen molar-refractivity contribution in [3.8, 4) is 0 Å². The number of rotatable bonds is 1. The molecule has 0 spiro atoms. The molecule has 0 aliphatic carbocycles.